The van der Waals surface area contributed by atoms with Crippen molar-refractivity contribution in [1.82, 2.24) is 0 Å². The van der Waals surface area contributed by atoms with Gasteiger partial charge < -0.3 is 0 Å². The van der Waals surface area contributed by atoms with Crippen molar-refractivity contribution in [2.45, 2.75) is 16.9 Å². The van der Waals surface area contributed by atoms with Gasteiger partial charge in [0, 0.05) is 0 Å². The number of alkyl halides is 4. The Kier molecular flexibility index (Phi) is 2.65. The van der Waals surface area contributed by atoms with Gasteiger partial charge in [0.2, 0.25) is 0 Å². The predicted octanol–water partition coefficient (Wildman–Crippen LogP) is 2.71. The first-order valence-electron chi connectivity index (χ1n) is 1.65. The molecule has 0 amide bonds. The van der Waals surface area contributed by atoms with E-state index in [2.05, 4.69) is 0 Å². The molecular formula is C3H4Cl3F. The molecule has 0 nitrogen and oxygen atoms in total. The summed E-state index contributed by atoms with van der Waals surface area (Å²) in [7, 11) is 0. The van der Waals surface area contributed by atoms with Crippen LogP contribution >= 0.6 is 34.8 Å². The van der Waals surface area contributed by atoms with Gasteiger partial charge in [0.1, 0.15) is 0 Å². The van der Waals surface area contributed by atoms with Crippen LogP contribution in [0.25, 0.3) is 0 Å². The van der Waals surface area contributed by atoms with E-state index in [0.29, 0.717) is 0 Å². The molecule has 0 spiro atoms. The molecule has 0 radical (unpaired) electrons. The third kappa shape index (κ3) is 3.39. The van der Waals surface area contributed by atoms with Crippen LogP contribution in [0.15, 0.2) is 0 Å². The van der Waals surface area contributed by atoms with Gasteiger partial charge in [-0.05, 0) is 6.92 Å². The Labute approximate surface area is 56.5 Å². The van der Waals surface area contributed by atoms with Gasteiger partial charge in [0.05, 0.1) is 5.38 Å². The molecule has 0 saturated heterocycles. The minimum atomic E-state index is -2.29. The molecule has 0 aliphatic rings. The molecule has 44 valence electrons. The summed E-state index contributed by atoms with van der Waals surface area (Å²) in [5.41, 5.74) is 0. The molecule has 0 N–H and O–H groups in total. The van der Waals surface area contributed by atoms with E-state index in [1.165, 1.54) is 6.92 Å². The molecule has 7 heavy (non-hydrogen) atoms. The lowest BCUT2D eigenvalue weighted by Gasteiger charge is -2.09. The molecule has 0 aliphatic carbocycles. The van der Waals surface area contributed by atoms with E-state index in [9.17, 15) is 4.39 Å². The number of hydrogen-bond acceptors (Lipinski definition) is 0. The highest BCUT2D eigenvalue weighted by Crippen LogP contribution is 2.29. The molecule has 0 aromatic rings. The normalized spacial score (nSPS) is 16.7. The quantitative estimate of drug-likeness (QED) is 0.524. The predicted molar refractivity (Wildman–Crippen MR) is 30.9 cm³/mol. The van der Waals surface area contributed by atoms with E-state index in [4.69, 9.17) is 34.8 Å². The zero-order valence-corrected chi connectivity index (χ0v) is 5.86. The highest BCUT2D eigenvalue weighted by molar-refractivity contribution is 6.50. The summed E-state index contributed by atoms with van der Waals surface area (Å²) in [4.78, 5) is 0. The van der Waals surface area contributed by atoms with Gasteiger partial charge in [-0.25, -0.2) is 4.39 Å². The van der Waals surface area contributed by atoms with Crippen molar-refractivity contribution in [3.63, 3.8) is 0 Å². The molecule has 0 rings (SSSR count). The summed E-state index contributed by atoms with van der Waals surface area (Å²) in [6, 6.07) is 0. The Balaban J connectivity index is 3.54. The molecule has 0 aliphatic heterocycles. The molecule has 4 heteroatoms. The average molecular weight is 165 g/mol. The molecule has 1 atom stereocenters. The van der Waals surface area contributed by atoms with Gasteiger partial charge in [-0.2, -0.15) is 0 Å². The molecule has 1 unspecified atom stereocenters. The van der Waals surface area contributed by atoms with E-state index in [-0.39, 0.29) is 0 Å². The molecular weight excluding hydrogens is 161 g/mol. The van der Waals surface area contributed by atoms with Crippen LogP contribution in [-0.2, 0) is 0 Å². The van der Waals surface area contributed by atoms with Crippen LogP contribution in [0.5, 0.6) is 0 Å². The van der Waals surface area contributed by atoms with Crippen molar-refractivity contribution in [2.24, 2.45) is 0 Å². The van der Waals surface area contributed by atoms with Crippen molar-refractivity contribution in [1.29, 1.82) is 0 Å². The van der Waals surface area contributed by atoms with Crippen LogP contribution in [0.2, 0.25) is 0 Å². The third-order valence-electron chi connectivity index (χ3n) is 0.451. The first-order valence-corrected chi connectivity index (χ1v) is 2.84. The highest BCUT2D eigenvalue weighted by atomic mass is 35.5. The van der Waals surface area contributed by atoms with E-state index in [1.54, 1.807) is 0 Å². The van der Waals surface area contributed by atoms with Crippen molar-refractivity contribution < 1.29 is 4.39 Å². The topological polar surface area (TPSA) is 0 Å². The van der Waals surface area contributed by atoms with E-state index in [1.807, 2.05) is 0 Å². The first-order chi connectivity index (χ1) is 2.94. The van der Waals surface area contributed by atoms with E-state index >= 15 is 0 Å². The fourth-order valence-electron chi connectivity index (χ4n) is 0. The summed E-state index contributed by atoms with van der Waals surface area (Å²) in [5.74, 6) is 0. The minimum absolute atomic E-state index is 0.865. The van der Waals surface area contributed by atoms with E-state index < -0.39 is 9.96 Å². The number of halogens is 4. The van der Waals surface area contributed by atoms with Crippen LogP contribution in [0, 0.1) is 0 Å². The maximum atomic E-state index is 11.9. The summed E-state index contributed by atoms with van der Waals surface area (Å²) in [6.45, 7) is 1.38. The van der Waals surface area contributed by atoms with Crippen LogP contribution < -0.4 is 0 Å². The monoisotopic (exact) mass is 164 g/mol. The molecule has 0 aromatic heterocycles. The Morgan fingerprint density at radius 1 is 1.57 bits per heavy atom. The molecule has 0 aromatic carbocycles. The summed E-state index contributed by atoms with van der Waals surface area (Å²) in [6.07, 6.45) is 0. The first kappa shape index (κ1) is 7.80. The maximum absolute atomic E-state index is 11.9. The Hall–Kier alpha value is 0.800. The Morgan fingerprint density at radius 2 is 1.71 bits per heavy atom. The van der Waals surface area contributed by atoms with Gasteiger partial charge in [0.25, 0.3) is 4.59 Å². The van der Waals surface area contributed by atoms with Crippen molar-refractivity contribution in [3.05, 3.63) is 0 Å². The van der Waals surface area contributed by atoms with Crippen LogP contribution in [0.3, 0.4) is 0 Å². The maximum Gasteiger partial charge on any atom is 0.273 e. The zero-order valence-electron chi connectivity index (χ0n) is 3.59. The smallest absolute Gasteiger partial charge is 0.206 e. The standard InChI is InChI=1S/C3H4Cl3F/c1-2(4)3(5,6)7/h2H,1H3. The fraction of sp³-hybridized carbons (Fsp3) is 1.00. The molecule has 0 fully saturated rings. The number of hydrogen-bond donors (Lipinski definition) is 0. The van der Waals surface area contributed by atoms with Gasteiger partial charge in [-0.15, -0.1) is 11.6 Å². The molecule has 0 saturated carbocycles. The second kappa shape index (κ2) is 2.38. The summed E-state index contributed by atoms with van der Waals surface area (Å²) >= 11 is 14.8. The minimum Gasteiger partial charge on any atom is -0.206 e. The average Bonchev–Trinajstić information content (AvgIpc) is 1.31. The van der Waals surface area contributed by atoms with Crippen molar-refractivity contribution in [3.8, 4) is 0 Å². The van der Waals surface area contributed by atoms with Gasteiger partial charge in [0.15, 0.2) is 0 Å². The lowest BCUT2D eigenvalue weighted by Crippen LogP contribution is -2.15. The highest BCUT2D eigenvalue weighted by Gasteiger charge is 2.28. The van der Waals surface area contributed by atoms with E-state index in [0.717, 1.165) is 0 Å². The van der Waals surface area contributed by atoms with Gasteiger partial charge >= 0.3 is 0 Å². The molecule has 0 heterocycles. The van der Waals surface area contributed by atoms with Gasteiger partial charge in [-0.1, -0.05) is 23.2 Å². The van der Waals surface area contributed by atoms with Crippen molar-refractivity contribution >= 4 is 34.8 Å². The third-order valence-corrected chi connectivity index (χ3v) is 1.63. The Morgan fingerprint density at radius 3 is 1.71 bits per heavy atom. The van der Waals surface area contributed by atoms with Crippen molar-refractivity contribution in [2.75, 3.05) is 0 Å². The zero-order chi connectivity index (χ0) is 6.08. The largest absolute Gasteiger partial charge is 0.273 e. The summed E-state index contributed by atoms with van der Waals surface area (Å²) in [5, 5.41) is -0.865. The summed E-state index contributed by atoms with van der Waals surface area (Å²) < 4.78 is 9.62. The molecule has 0 bridgehead atoms. The van der Waals surface area contributed by atoms with Crippen LogP contribution in [0.4, 0.5) is 4.39 Å². The van der Waals surface area contributed by atoms with Gasteiger partial charge in [-0.3, -0.25) is 0 Å². The number of rotatable bonds is 1. The fourth-order valence-corrected chi connectivity index (χ4v) is 0. The second-order valence-corrected chi connectivity index (χ2v) is 3.11. The lowest BCUT2D eigenvalue weighted by atomic mass is 10.5. The SMILES string of the molecule is CC(Cl)C(F)(Cl)Cl. The Bertz CT molecular complexity index is 55.7. The lowest BCUT2D eigenvalue weighted by molar-refractivity contribution is 0.387. The van der Waals surface area contributed by atoms with Crippen LogP contribution in [-0.4, -0.2) is 9.96 Å². The second-order valence-electron chi connectivity index (χ2n) is 1.16. The van der Waals surface area contributed by atoms with Crippen LogP contribution in [0.1, 0.15) is 6.92 Å².